The molecule has 0 saturated carbocycles. The van der Waals surface area contributed by atoms with E-state index in [1.54, 1.807) is 6.07 Å². The van der Waals surface area contributed by atoms with Gasteiger partial charge >= 0.3 is 0 Å². The number of fused-ring (bicyclic) bond motifs is 6. The van der Waals surface area contributed by atoms with Crippen LogP contribution in [-0.4, -0.2) is 0 Å². The van der Waals surface area contributed by atoms with Crippen LogP contribution in [0.1, 0.15) is 11.1 Å². The number of para-hydroxylation sites is 1. The van der Waals surface area contributed by atoms with Crippen molar-refractivity contribution < 1.29 is 8.83 Å². The Morgan fingerprint density at radius 3 is 1.71 bits per heavy atom. The molecule has 0 radical (unpaired) electrons. The van der Waals surface area contributed by atoms with Gasteiger partial charge in [0.25, 0.3) is 0 Å². The van der Waals surface area contributed by atoms with E-state index in [-0.39, 0.29) is 0 Å². The molecule has 0 aliphatic carbocycles. The summed E-state index contributed by atoms with van der Waals surface area (Å²) in [4.78, 5) is 0. The Labute approximate surface area is 240 Å². The first-order valence-electron chi connectivity index (χ1n) is 13.6. The van der Waals surface area contributed by atoms with E-state index < -0.39 is 0 Å². The van der Waals surface area contributed by atoms with E-state index in [4.69, 9.17) is 8.83 Å². The third-order valence-electron chi connectivity index (χ3n) is 7.94. The fourth-order valence-corrected chi connectivity index (χ4v) is 5.88. The van der Waals surface area contributed by atoms with Gasteiger partial charge in [-0.15, -0.1) is 0 Å². The molecule has 0 amide bonds. The van der Waals surface area contributed by atoms with E-state index in [1.807, 2.05) is 66.7 Å². The topological polar surface area (TPSA) is 73.9 Å². The zero-order chi connectivity index (χ0) is 28.2. The first kappa shape index (κ1) is 23.8. The standard InChI is InChI=1S/C38H20N2O2/c39-21-23-9-14-36-34(15-23)33-13-11-25(20-38(33)42-36)28-16-27(17-29(18-28)30-6-2-1-5-26(30)22-40)24-10-12-32-31-7-3-4-8-35(31)41-37(32)19-24/h1-20H. The Kier molecular flexibility index (Phi) is 5.22. The lowest BCUT2D eigenvalue weighted by Crippen LogP contribution is -1.88. The highest BCUT2D eigenvalue weighted by atomic mass is 16.3. The molecule has 0 spiro atoms. The van der Waals surface area contributed by atoms with Crippen LogP contribution in [0.3, 0.4) is 0 Å². The molecule has 8 aromatic rings. The van der Waals surface area contributed by atoms with Gasteiger partial charge < -0.3 is 8.83 Å². The number of rotatable bonds is 3. The lowest BCUT2D eigenvalue weighted by atomic mass is 9.91. The van der Waals surface area contributed by atoms with Crippen LogP contribution < -0.4 is 0 Å². The van der Waals surface area contributed by atoms with Crippen molar-refractivity contribution in [1.82, 2.24) is 0 Å². The number of furan rings is 2. The average Bonchev–Trinajstić information content (AvgIpc) is 3.61. The van der Waals surface area contributed by atoms with E-state index in [2.05, 4.69) is 60.7 Å². The normalized spacial score (nSPS) is 11.3. The summed E-state index contributed by atoms with van der Waals surface area (Å²) in [5.41, 5.74) is 10.3. The number of benzene rings is 6. The summed E-state index contributed by atoms with van der Waals surface area (Å²) in [6, 6.07) is 44.7. The maximum absolute atomic E-state index is 9.87. The third kappa shape index (κ3) is 3.75. The molecule has 0 unspecified atom stereocenters. The quantitative estimate of drug-likeness (QED) is 0.225. The van der Waals surface area contributed by atoms with Crippen molar-refractivity contribution in [2.24, 2.45) is 0 Å². The van der Waals surface area contributed by atoms with Crippen molar-refractivity contribution in [3.8, 4) is 45.5 Å². The molecule has 4 nitrogen and oxygen atoms in total. The predicted octanol–water partition coefficient (Wildman–Crippen LogP) is 10.2. The lowest BCUT2D eigenvalue weighted by molar-refractivity contribution is 0.668. The van der Waals surface area contributed by atoms with Crippen molar-refractivity contribution in [3.63, 3.8) is 0 Å². The number of nitriles is 2. The SMILES string of the molecule is N#Cc1ccc2oc3cc(-c4cc(-c5ccc6c(c5)oc5ccccc56)cc(-c5ccccc5C#N)c4)ccc3c2c1. The van der Waals surface area contributed by atoms with Crippen LogP contribution in [0.5, 0.6) is 0 Å². The fraction of sp³-hybridized carbons (Fsp3) is 0. The van der Waals surface area contributed by atoms with Crippen molar-refractivity contribution in [2.75, 3.05) is 0 Å². The van der Waals surface area contributed by atoms with Gasteiger partial charge in [-0.2, -0.15) is 10.5 Å². The molecular weight excluding hydrogens is 516 g/mol. The largest absolute Gasteiger partial charge is 0.456 e. The predicted molar refractivity (Wildman–Crippen MR) is 167 cm³/mol. The molecular formula is C38H20N2O2. The molecule has 2 heterocycles. The minimum absolute atomic E-state index is 0.601. The van der Waals surface area contributed by atoms with Gasteiger partial charge in [0, 0.05) is 21.5 Å². The smallest absolute Gasteiger partial charge is 0.136 e. The Morgan fingerprint density at radius 1 is 0.405 bits per heavy atom. The van der Waals surface area contributed by atoms with Gasteiger partial charge in [-0.3, -0.25) is 0 Å². The number of hydrogen-bond donors (Lipinski definition) is 0. The molecule has 42 heavy (non-hydrogen) atoms. The van der Waals surface area contributed by atoms with Gasteiger partial charge in [-0.1, -0.05) is 48.5 Å². The maximum Gasteiger partial charge on any atom is 0.136 e. The molecule has 6 aromatic carbocycles. The zero-order valence-electron chi connectivity index (χ0n) is 22.3. The van der Waals surface area contributed by atoms with E-state index in [0.717, 1.165) is 77.3 Å². The van der Waals surface area contributed by atoms with Crippen LogP contribution >= 0.6 is 0 Å². The van der Waals surface area contributed by atoms with E-state index in [9.17, 15) is 10.5 Å². The summed E-state index contributed by atoms with van der Waals surface area (Å²) < 4.78 is 12.4. The molecule has 0 N–H and O–H groups in total. The molecule has 8 rings (SSSR count). The molecule has 0 saturated heterocycles. The first-order valence-corrected chi connectivity index (χ1v) is 13.6. The minimum Gasteiger partial charge on any atom is -0.456 e. The summed E-state index contributed by atoms with van der Waals surface area (Å²) >= 11 is 0. The molecule has 194 valence electrons. The monoisotopic (exact) mass is 536 g/mol. The van der Waals surface area contributed by atoms with Crippen LogP contribution in [0.25, 0.3) is 77.3 Å². The van der Waals surface area contributed by atoms with Crippen LogP contribution in [0.4, 0.5) is 0 Å². The highest BCUT2D eigenvalue weighted by molar-refractivity contribution is 6.07. The summed E-state index contributed by atoms with van der Waals surface area (Å²) in [6.07, 6.45) is 0. The lowest BCUT2D eigenvalue weighted by Gasteiger charge is -2.12. The first-order chi connectivity index (χ1) is 20.7. The summed E-state index contributed by atoms with van der Waals surface area (Å²) in [6.45, 7) is 0. The summed E-state index contributed by atoms with van der Waals surface area (Å²) in [5, 5.41) is 23.3. The van der Waals surface area contributed by atoms with Gasteiger partial charge in [0.2, 0.25) is 0 Å². The van der Waals surface area contributed by atoms with Crippen LogP contribution in [0.15, 0.2) is 130 Å². The maximum atomic E-state index is 9.87. The number of nitrogens with zero attached hydrogens (tertiary/aromatic N) is 2. The minimum atomic E-state index is 0.601. The Morgan fingerprint density at radius 2 is 1.00 bits per heavy atom. The second-order valence-electron chi connectivity index (χ2n) is 10.4. The van der Waals surface area contributed by atoms with Gasteiger partial charge in [0.15, 0.2) is 0 Å². The van der Waals surface area contributed by atoms with E-state index >= 15 is 0 Å². The third-order valence-corrected chi connectivity index (χ3v) is 7.94. The zero-order valence-corrected chi connectivity index (χ0v) is 22.3. The van der Waals surface area contributed by atoms with Crippen molar-refractivity contribution in [1.29, 1.82) is 10.5 Å². The molecule has 0 aliphatic heterocycles. The van der Waals surface area contributed by atoms with Gasteiger partial charge in [-0.05, 0) is 106 Å². The Balaban J connectivity index is 1.34. The summed E-state index contributed by atoms with van der Waals surface area (Å²) in [7, 11) is 0. The second-order valence-corrected chi connectivity index (χ2v) is 10.4. The number of hydrogen-bond acceptors (Lipinski definition) is 4. The van der Waals surface area contributed by atoms with Crippen molar-refractivity contribution in [3.05, 3.63) is 132 Å². The highest BCUT2D eigenvalue weighted by Crippen LogP contribution is 2.38. The van der Waals surface area contributed by atoms with Crippen LogP contribution in [0, 0.1) is 22.7 Å². The molecule has 2 aromatic heterocycles. The fourth-order valence-electron chi connectivity index (χ4n) is 5.88. The molecule has 0 fully saturated rings. The van der Waals surface area contributed by atoms with Crippen molar-refractivity contribution >= 4 is 43.9 Å². The molecule has 0 aliphatic rings. The van der Waals surface area contributed by atoms with Crippen molar-refractivity contribution in [2.45, 2.75) is 0 Å². The molecule has 4 heteroatoms. The van der Waals surface area contributed by atoms with Crippen LogP contribution in [0.2, 0.25) is 0 Å². The van der Waals surface area contributed by atoms with Gasteiger partial charge in [0.1, 0.15) is 22.3 Å². The molecule has 0 atom stereocenters. The Hall–Kier alpha value is -6.10. The Bertz CT molecular complexity index is 2450. The van der Waals surface area contributed by atoms with E-state index in [1.165, 1.54) is 0 Å². The van der Waals surface area contributed by atoms with Gasteiger partial charge in [-0.25, -0.2) is 0 Å². The average molecular weight is 537 g/mol. The van der Waals surface area contributed by atoms with E-state index in [0.29, 0.717) is 11.1 Å². The summed E-state index contributed by atoms with van der Waals surface area (Å²) in [5.74, 6) is 0. The highest BCUT2D eigenvalue weighted by Gasteiger charge is 2.14. The van der Waals surface area contributed by atoms with Crippen LogP contribution in [-0.2, 0) is 0 Å². The van der Waals surface area contributed by atoms with Gasteiger partial charge in [0.05, 0.1) is 23.3 Å². The second kappa shape index (κ2) is 9.24. The molecule has 0 bridgehead atoms.